The molecular formula is C21H21N5O2. The molecular weight excluding hydrogens is 354 g/mol. The summed E-state index contributed by atoms with van der Waals surface area (Å²) >= 11 is 0. The van der Waals surface area contributed by atoms with Crippen molar-refractivity contribution in [2.45, 2.75) is 19.9 Å². The highest BCUT2D eigenvalue weighted by atomic mass is 16.3. The standard InChI is InChI=1S/C21H21N5O2/c1-13-11-25(8-7-22-13)21(27)18-10-23-20-6-4-16(12-26(18)20)15-3-5-19-17(9-15)24-14(2)28-19/h3-6,9-10,12-13,22H,7-8,11H2,1-2H3. The van der Waals surface area contributed by atoms with Crippen molar-refractivity contribution in [3.8, 4) is 11.1 Å². The molecule has 0 radical (unpaired) electrons. The van der Waals surface area contributed by atoms with Crippen molar-refractivity contribution in [3.05, 3.63) is 54.3 Å². The number of aromatic nitrogens is 3. The van der Waals surface area contributed by atoms with Crippen LogP contribution in [0.2, 0.25) is 0 Å². The number of hydrogen-bond acceptors (Lipinski definition) is 5. The van der Waals surface area contributed by atoms with Crippen LogP contribution in [0.15, 0.2) is 47.1 Å². The highest BCUT2D eigenvalue weighted by Crippen LogP contribution is 2.26. The van der Waals surface area contributed by atoms with Gasteiger partial charge in [0.05, 0.1) is 6.20 Å². The van der Waals surface area contributed by atoms with Crippen molar-refractivity contribution >= 4 is 22.7 Å². The van der Waals surface area contributed by atoms with Crippen LogP contribution >= 0.6 is 0 Å². The van der Waals surface area contributed by atoms with Crippen LogP contribution in [0.25, 0.3) is 27.9 Å². The van der Waals surface area contributed by atoms with Gasteiger partial charge in [0.2, 0.25) is 0 Å². The highest BCUT2D eigenvalue weighted by molar-refractivity contribution is 5.93. The summed E-state index contributed by atoms with van der Waals surface area (Å²) in [6.07, 6.45) is 3.63. The minimum Gasteiger partial charge on any atom is -0.441 e. The zero-order valence-corrected chi connectivity index (χ0v) is 15.8. The zero-order chi connectivity index (χ0) is 19.3. The maximum absolute atomic E-state index is 13.1. The molecule has 1 saturated heterocycles. The van der Waals surface area contributed by atoms with E-state index in [-0.39, 0.29) is 5.91 Å². The Morgan fingerprint density at radius 1 is 1.25 bits per heavy atom. The molecule has 3 aromatic heterocycles. The van der Waals surface area contributed by atoms with Crippen molar-refractivity contribution in [1.29, 1.82) is 0 Å². The van der Waals surface area contributed by atoms with Crippen LogP contribution in [-0.2, 0) is 0 Å². The van der Waals surface area contributed by atoms with Crippen LogP contribution in [0.3, 0.4) is 0 Å². The molecule has 7 heteroatoms. The molecule has 1 atom stereocenters. The lowest BCUT2D eigenvalue weighted by Crippen LogP contribution is -2.51. The predicted molar refractivity (Wildman–Crippen MR) is 106 cm³/mol. The van der Waals surface area contributed by atoms with E-state index in [4.69, 9.17) is 4.42 Å². The first-order chi connectivity index (χ1) is 13.6. The summed E-state index contributed by atoms with van der Waals surface area (Å²) in [6.45, 7) is 6.15. The average molecular weight is 375 g/mol. The Hall–Kier alpha value is -3.19. The minimum atomic E-state index is 0.0144. The molecule has 0 saturated carbocycles. The largest absolute Gasteiger partial charge is 0.441 e. The van der Waals surface area contributed by atoms with Gasteiger partial charge in [-0.1, -0.05) is 6.07 Å². The van der Waals surface area contributed by atoms with Crippen LogP contribution in [0, 0.1) is 6.92 Å². The number of nitrogens with zero attached hydrogens (tertiary/aromatic N) is 4. The topological polar surface area (TPSA) is 75.7 Å². The lowest BCUT2D eigenvalue weighted by Gasteiger charge is -2.31. The molecule has 1 N–H and O–H groups in total. The molecule has 5 rings (SSSR count). The minimum absolute atomic E-state index is 0.0144. The predicted octanol–water partition coefficient (Wildman–Crippen LogP) is 2.88. The smallest absolute Gasteiger partial charge is 0.272 e. The fraction of sp³-hybridized carbons (Fsp3) is 0.286. The zero-order valence-electron chi connectivity index (χ0n) is 15.8. The molecule has 7 nitrogen and oxygen atoms in total. The summed E-state index contributed by atoms with van der Waals surface area (Å²) in [5, 5.41) is 3.37. The number of imidazole rings is 1. The number of nitrogens with one attached hydrogen (secondary N) is 1. The summed E-state index contributed by atoms with van der Waals surface area (Å²) in [5.41, 5.74) is 4.96. The van der Waals surface area contributed by atoms with Crippen molar-refractivity contribution in [2.24, 2.45) is 0 Å². The number of fused-ring (bicyclic) bond motifs is 2. The summed E-state index contributed by atoms with van der Waals surface area (Å²) in [6, 6.07) is 10.2. The Balaban J connectivity index is 1.54. The van der Waals surface area contributed by atoms with Crippen LogP contribution < -0.4 is 5.32 Å². The maximum Gasteiger partial charge on any atom is 0.272 e. The van der Waals surface area contributed by atoms with E-state index >= 15 is 0 Å². The van der Waals surface area contributed by atoms with E-state index in [2.05, 4.69) is 22.2 Å². The maximum atomic E-state index is 13.1. The molecule has 0 aliphatic carbocycles. The van der Waals surface area contributed by atoms with Crippen LogP contribution in [0.5, 0.6) is 0 Å². The first kappa shape index (κ1) is 16.9. The van der Waals surface area contributed by atoms with E-state index in [0.29, 0.717) is 30.7 Å². The average Bonchev–Trinajstić information content (AvgIpc) is 3.28. The monoisotopic (exact) mass is 375 g/mol. The van der Waals surface area contributed by atoms with Gasteiger partial charge in [-0.15, -0.1) is 0 Å². The Bertz CT molecular complexity index is 1190. The number of carbonyl (C=O) groups is 1. The number of piperazine rings is 1. The van der Waals surface area contributed by atoms with E-state index in [1.165, 1.54) is 0 Å². The SMILES string of the molecule is Cc1nc2cc(-c3ccc4ncc(C(=O)N5CCNC(C)C5)n4c3)ccc2o1. The van der Waals surface area contributed by atoms with E-state index in [9.17, 15) is 4.79 Å². The van der Waals surface area contributed by atoms with Gasteiger partial charge in [-0.2, -0.15) is 0 Å². The molecule has 1 aliphatic heterocycles. The van der Waals surface area contributed by atoms with Crippen molar-refractivity contribution in [2.75, 3.05) is 19.6 Å². The van der Waals surface area contributed by atoms with Gasteiger partial charge in [0.1, 0.15) is 16.9 Å². The molecule has 1 amide bonds. The Morgan fingerprint density at radius 2 is 2.11 bits per heavy atom. The van der Waals surface area contributed by atoms with Crippen molar-refractivity contribution in [1.82, 2.24) is 24.6 Å². The number of aryl methyl sites for hydroxylation is 1. The van der Waals surface area contributed by atoms with Gasteiger partial charge in [-0.3, -0.25) is 9.20 Å². The van der Waals surface area contributed by atoms with Gasteiger partial charge in [0.15, 0.2) is 11.5 Å². The molecule has 1 aliphatic rings. The molecule has 0 spiro atoms. The Labute approximate surface area is 162 Å². The third-order valence-corrected chi connectivity index (χ3v) is 5.21. The molecule has 4 heterocycles. The van der Waals surface area contributed by atoms with Crippen LogP contribution in [0.1, 0.15) is 23.3 Å². The van der Waals surface area contributed by atoms with Crippen molar-refractivity contribution < 1.29 is 9.21 Å². The highest BCUT2D eigenvalue weighted by Gasteiger charge is 2.24. The number of rotatable bonds is 2. The van der Waals surface area contributed by atoms with E-state index in [0.717, 1.165) is 34.4 Å². The van der Waals surface area contributed by atoms with Gasteiger partial charge in [-0.05, 0) is 42.3 Å². The number of carbonyl (C=O) groups excluding carboxylic acids is 1. The second-order valence-electron chi connectivity index (χ2n) is 7.31. The molecule has 1 unspecified atom stereocenters. The van der Waals surface area contributed by atoms with Gasteiger partial charge in [0.25, 0.3) is 5.91 Å². The van der Waals surface area contributed by atoms with E-state index < -0.39 is 0 Å². The molecule has 0 bridgehead atoms. The summed E-state index contributed by atoms with van der Waals surface area (Å²) < 4.78 is 7.44. The van der Waals surface area contributed by atoms with Gasteiger partial charge < -0.3 is 14.6 Å². The number of amides is 1. The van der Waals surface area contributed by atoms with Crippen LogP contribution in [-0.4, -0.2) is 50.9 Å². The molecule has 1 fully saturated rings. The molecule has 28 heavy (non-hydrogen) atoms. The second kappa shape index (κ2) is 6.45. The van der Waals surface area contributed by atoms with E-state index in [1.807, 2.05) is 52.8 Å². The lowest BCUT2D eigenvalue weighted by molar-refractivity contribution is 0.0702. The first-order valence-electron chi connectivity index (χ1n) is 9.46. The van der Waals surface area contributed by atoms with Gasteiger partial charge in [-0.25, -0.2) is 9.97 Å². The molecule has 1 aromatic carbocycles. The van der Waals surface area contributed by atoms with Crippen molar-refractivity contribution in [3.63, 3.8) is 0 Å². The fourth-order valence-corrected chi connectivity index (χ4v) is 3.81. The summed E-state index contributed by atoms with van der Waals surface area (Å²) in [5.74, 6) is 0.663. The Morgan fingerprint density at radius 3 is 2.96 bits per heavy atom. The normalized spacial score (nSPS) is 17.5. The number of pyridine rings is 1. The van der Waals surface area contributed by atoms with Gasteiger partial charge >= 0.3 is 0 Å². The second-order valence-corrected chi connectivity index (χ2v) is 7.31. The van der Waals surface area contributed by atoms with Crippen LogP contribution in [0.4, 0.5) is 0 Å². The lowest BCUT2D eigenvalue weighted by atomic mass is 10.1. The molecule has 142 valence electrons. The Kier molecular flexibility index (Phi) is 3.91. The number of oxazole rings is 1. The first-order valence-corrected chi connectivity index (χ1v) is 9.46. The van der Waals surface area contributed by atoms with E-state index in [1.54, 1.807) is 6.20 Å². The summed E-state index contributed by atoms with van der Waals surface area (Å²) in [4.78, 5) is 23.8. The quantitative estimate of drug-likeness (QED) is 0.583. The summed E-state index contributed by atoms with van der Waals surface area (Å²) in [7, 11) is 0. The molecule has 4 aromatic rings. The third-order valence-electron chi connectivity index (χ3n) is 5.21. The third kappa shape index (κ3) is 2.84. The fourth-order valence-electron chi connectivity index (χ4n) is 3.81. The number of hydrogen-bond donors (Lipinski definition) is 1. The van der Waals surface area contributed by atoms with Gasteiger partial charge in [0, 0.05) is 38.8 Å². The number of benzene rings is 1.